The number of Topliss-reactive ketones (excluding diaryl/α,β-unsaturated/α-hetero) is 1. The van der Waals surface area contributed by atoms with E-state index in [-0.39, 0.29) is 31.3 Å². The Hall–Kier alpha value is -2.40. The van der Waals surface area contributed by atoms with Gasteiger partial charge in [0.1, 0.15) is 25.5 Å². The number of nitrogens with one attached hydrogen (secondary N) is 2. The number of aryl methyl sites for hydroxylation is 1. The van der Waals surface area contributed by atoms with Gasteiger partial charge < -0.3 is 20.2 Å². The third-order valence-electron chi connectivity index (χ3n) is 3.92. The molecule has 1 aromatic heterocycles. The Kier molecular flexibility index (Phi) is 8.42. The van der Waals surface area contributed by atoms with Gasteiger partial charge >= 0.3 is 11.9 Å². The Morgan fingerprint density at radius 3 is 2.57 bits per heavy atom. The third kappa shape index (κ3) is 6.84. The molecule has 2 N–H and O–H groups in total. The van der Waals surface area contributed by atoms with Crippen LogP contribution in [0, 0.1) is 17.0 Å². The summed E-state index contributed by atoms with van der Waals surface area (Å²) in [4.78, 5) is 38.5. The van der Waals surface area contributed by atoms with Crippen molar-refractivity contribution in [2.45, 2.75) is 23.4 Å². The molecular weight excluding hydrogens is 461 g/mol. The molecule has 0 aliphatic carbocycles. The molecule has 0 spiro atoms. The van der Waals surface area contributed by atoms with Crippen LogP contribution in [0.4, 0.5) is 10.6 Å². The van der Waals surface area contributed by atoms with E-state index in [1.54, 1.807) is 37.3 Å². The zero-order valence-electron chi connectivity index (χ0n) is 15.7. The number of ether oxygens (including phenoxy) is 1. The average Bonchev–Trinajstić information content (AvgIpc) is 3.05. The van der Waals surface area contributed by atoms with Crippen molar-refractivity contribution in [1.29, 1.82) is 0 Å². The minimum atomic E-state index is -1.98. The number of hydrogen-bond donors (Lipinski definition) is 2. The first-order valence-corrected chi connectivity index (χ1v) is 9.71. The average molecular weight is 479 g/mol. The molecule has 0 aliphatic rings. The smallest absolute Gasteiger partial charge is 0.408 e. The number of alkyl halides is 3. The Balaban J connectivity index is 1.89. The van der Waals surface area contributed by atoms with E-state index < -0.39 is 21.0 Å². The van der Waals surface area contributed by atoms with Gasteiger partial charge in [-0.1, -0.05) is 65.1 Å². The minimum absolute atomic E-state index is 0.00786. The second-order valence-corrected chi connectivity index (χ2v) is 8.37. The zero-order valence-corrected chi connectivity index (χ0v) is 17.9. The molecule has 2 aromatic rings. The van der Waals surface area contributed by atoms with Crippen LogP contribution in [0.3, 0.4) is 0 Å². The third-order valence-corrected chi connectivity index (χ3v) is 4.58. The number of hydrogen-bond acceptors (Lipinski definition) is 7. The summed E-state index contributed by atoms with van der Waals surface area (Å²) in [6.45, 7) is 1.19. The molecule has 0 aliphatic heterocycles. The van der Waals surface area contributed by atoms with E-state index >= 15 is 0 Å². The topological polar surface area (TPSA) is 128 Å². The van der Waals surface area contributed by atoms with Crippen molar-refractivity contribution >= 4 is 52.5 Å². The summed E-state index contributed by atoms with van der Waals surface area (Å²) in [6.07, 6.45) is -1.06. The van der Waals surface area contributed by atoms with E-state index in [1.165, 1.54) is 4.57 Å². The molecule has 1 atom stereocenters. The van der Waals surface area contributed by atoms with Crippen molar-refractivity contribution in [3.8, 4) is 0 Å². The highest BCUT2D eigenvalue weighted by Gasteiger charge is 2.34. The van der Waals surface area contributed by atoms with Gasteiger partial charge in [-0.15, -0.1) is 0 Å². The van der Waals surface area contributed by atoms with Crippen LogP contribution in [0.5, 0.6) is 0 Å². The van der Waals surface area contributed by atoms with Crippen LogP contribution in [0.2, 0.25) is 0 Å². The van der Waals surface area contributed by atoms with Gasteiger partial charge in [0.15, 0.2) is 11.6 Å². The Morgan fingerprint density at radius 2 is 1.97 bits per heavy atom. The molecule has 30 heavy (non-hydrogen) atoms. The number of halogens is 3. The van der Waals surface area contributed by atoms with Crippen molar-refractivity contribution in [2.75, 3.05) is 13.2 Å². The quantitative estimate of drug-likeness (QED) is 0.186. The van der Waals surface area contributed by atoms with Crippen LogP contribution in [-0.2, 0) is 11.3 Å². The van der Waals surface area contributed by atoms with Crippen molar-refractivity contribution in [3.63, 3.8) is 0 Å². The van der Waals surface area contributed by atoms with Gasteiger partial charge in [0.25, 0.3) is 0 Å². The maximum absolute atomic E-state index is 12.2. The van der Waals surface area contributed by atoms with Crippen LogP contribution >= 0.6 is 34.8 Å². The van der Waals surface area contributed by atoms with Crippen LogP contribution in [0.15, 0.2) is 36.5 Å². The van der Waals surface area contributed by atoms with Crippen LogP contribution in [0.25, 0.3) is 0 Å². The van der Waals surface area contributed by atoms with Crippen molar-refractivity contribution in [2.24, 2.45) is 0 Å². The van der Waals surface area contributed by atoms with Gasteiger partial charge in [0.2, 0.25) is 3.79 Å². The maximum atomic E-state index is 12.2. The zero-order chi connectivity index (χ0) is 22.3. The fourth-order valence-corrected chi connectivity index (χ4v) is 2.83. The molecule has 1 heterocycles. The number of alkyl carbamates (subject to hydrolysis) is 1. The first-order valence-electron chi connectivity index (χ1n) is 8.57. The minimum Gasteiger partial charge on any atom is -0.445 e. The van der Waals surface area contributed by atoms with Gasteiger partial charge in [-0.3, -0.25) is 10.1 Å². The Labute approximate surface area is 186 Å². The lowest BCUT2D eigenvalue weighted by Gasteiger charge is -2.26. The summed E-state index contributed by atoms with van der Waals surface area (Å²) in [5, 5.41) is 15.9. The molecule has 13 heteroatoms. The molecule has 0 unspecified atom stereocenters. The first-order chi connectivity index (χ1) is 14.1. The number of benzene rings is 1. The number of imidazole rings is 1. The number of nitrogens with zero attached hydrogens (tertiary/aromatic N) is 3. The molecule has 0 fully saturated rings. The molecular formula is C17H18Cl3N5O5. The highest BCUT2D eigenvalue weighted by Crippen LogP contribution is 2.29. The molecule has 162 valence electrons. The van der Waals surface area contributed by atoms with Crippen molar-refractivity contribution < 1.29 is 19.2 Å². The lowest BCUT2D eigenvalue weighted by Crippen LogP contribution is -2.54. The molecule has 2 rings (SSSR count). The van der Waals surface area contributed by atoms with Crippen LogP contribution in [-0.4, -0.2) is 49.5 Å². The number of carbonyl (C=O) groups excluding carboxylic acids is 2. The lowest BCUT2D eigenvalue weighted by molar-refractivity contribution is -0.392. The number of amides is 1. The van der Waals surface area contributed by atoms with Crippen LogP contribution < -0.4 is 10.6 Å². The van der Waals surface area contributed by atoms with E-state index in [4.69, 9.17) is 39.5 Å². The number of carbonyl (C=O) groups is 2. The molecule has 1 amide bonds. The normalized spacial score (nSPS) is 12.3. The van der Waals surface area contributed by atoms with E-state index in [2.05, 4.69) is 15.6 Å². The van der Waals surface area contributed by atoms with E-state index in [9.17, 15) is 19.7 Å². The summed E-state index contributed by atoms with van der Waals surface area (Å²) < 4.78 is 4.31. The second-order valence-electron chi connectivity index (χ2n) is 6.00. The van der Waals surface area contributed by atoms with Crippen LogP contribution in [0.1, 0.15) is 16.2 Å². The van der Waals surface area contributed by atoms with E-state index in [0.29, 0.717) is 11.4 Å². The monoisotopic (exact) mass is 477 g/mol. The van der Waals surface area contributed by atoms with Gasteiger partial charge in [-0.2, -0.15) is 0 Å². The van der Waals surface area contributed by atoms with E-state index in [1.807, 2.05) is 0 Å². The van der Waals surface area contributed by atoms with Gasteiger partial charge in [-0.05, 0) is 4.92 Å². The number of ketones is 1. The molecule has 0 radical (unpaired) electrons. The van der Waals surface area contributed by atoms with E-state index in [0.717, 1.165) is 6.20 Å². The summed E-state index contributed by atoms with van der Waals surface area (Å²) >= 11 is 17.6. The number of nitro groups is 1. The second kappa shape index (κ2) is 10.6. The summed E-state index contributed by atoms with van der Waals surface area (Å²) in [5.41, 5.74) is 0.452. The molecule has 0 saturated carbocycles. The molecule has 0 bridgehead atoms. The van der Waals surface area contributed by atoms with Gasteiger partial charge in [0, 0.05) is 12.5 Å². The molecule has 1 aromatic carbocycles. The maximum Gasteiger partial charge on any atom is 0.408 e. The summed E-state index contributed by atoms with van der Waals surface area (Å²) in [6, 6.07) is 8.45. The predicted molar refractivity (Wildman–Crippen MR) is 111 cm³/mol. The molecule has 10 nitrogen and oxygen atoms in total. The fourth-order valence-electron chi connectivity index (χ4n) is 2.44. The highest BCUT2D eigenvalue weighted by atomic mass is 35.6. The number of rotatable bonds is 9. The van der Waals surface area contributed by atoms with Crippen molar-refractivity contribution in [1.82, 2.24) is 20.2 Å². The summed E-state index contributed by atoms with van der Waals surface area (Å²) in [5.74, 6) is -0.101. The Morgan fingerprint density at radius 1 is 1.30 bits per heavy atom. The lowest BCUT2D eigenvalue weighted by atomic mass is 10.1. The largest absolute Gasteiger partial charge is 0.445 e. The first kappa shape index (κ1) is 23.9. The predicted octanol–water partition coefficient (Wildman–Crippen LogP) is 2.99. The summed E-state index contributed by atoms with van der Waals surface area (Å²) in [7, 11) is 0. The highest BCUT2D eigenvalue weighted by molar-refractivity contribution is 6.68. The standard InChI is InChI=1S/C17H18Cl3N5O5/c1-11-21-10-14(25(28)29)24(11)7-8-30-16(27)23-15(17(18,19)20)22-9-13(26)12-5-3-2-4-6-12/h2-6,10,15,22H,7-9H2,1H3,(H,23,27)/t15-/m0/s1. The van der Waals surface area contributed by atoms with Crippen molar-refractivity contribution in [3.05, 3.63) is 58.0 Å². The fraction of sp³-hybridized carbons (Fsp3) is 0.353. The van der Waals surface area contributed by atoms with Gasteiger partial charge in [-0.25, -0.2) is 14.3 Å². The SMILES string of the molecule is Cc1ncc([N+](=O)[O-])n1CCOC(=O)N[C@H](NCC(=O)c1ccccc1)C(Cl)(Cl)Cl. The number of aromatic nitrogens is 2. The Bertz CT molecular complexity index is 901. The molecule has 0 saturated heterocycles. The van der Waals surface area contributed by atoms with Gasteiger partial charge in [0.05, 0.1) is 6.54 Å².